The van der Waals surface area contributed by atoms with Gasteiger partial charge < -0.3 is 10.2 Å². The average molecular weight is 218 g/mol. The fraction of sp³-hybridized carbons (Fsp3) is 0.571. The van der Waals surface area contributed by atoms with Crippen LogP contribution in [0.1, 0.15) is 24.8 Å². The van der Waals surface area contributed by atoms with Gasteiger partial charge in [-0.1, -0.05) is 12.1 Å². The van der Waals surface area contributed by atoms with Crippen LogP contribution < -0.4 is 5.32 Å². The van der Waals surface area contributed by atoms with Gasteiger partial charge in [-0.15, -0.1) is 0 Å². The van der Waals surface area contributed by atoms with E-state index in [4.69, 9.17) is 0 Å². The Morgan fingerprint density at radius 1 is 1.12 bits per heavy atom. The van der Waals surface area contributed by atoms with Crippen molar-refractivity contribution in [2.45, 2.75) is 25.7 Å². The summed E-state index contributed by atoms with van der Waals surface area (Å²) in [5.41, 5.74) is 2.65. The topological polar surface area (TPSA) is 15.3 Å². The standard InChI is InChI=1S/C14H22N2/c1-15-14-8-6-13(7-9-14)5-4-12-16-10-2-3-11-16/h6-9,15H,2-5,10-12H2,1H3. The Balaban J connectivity index is 1.71. The van der Waals surface area contributed by atoms with Crippen LogP contribution in [0.2, 0.25) is 0 Å². The van der Waals surface area contributed by atoms with Crippen molar-refractivity contribution in [3.05, 3.63) is 29.8 Å². The predicted molar refractivity (Wildman–Crippen MR) is 70.0 cm³/mol. The van der Waals surface area contributed by atoms with Crippen molar-refractivity contribution < 1.29 is 0 Å². The van der Waals surface area contributed by atoms with Crippen LogP contribution in [0.25, 0.3) is 0 Å². The Labute approximate surface area is 98.7 Å². The number of likely N-dealkylation sites (tertiary alicyclic amines) is 1. The third-order valence-corrected chi connectivity index (χ3v) is 3.38. The van der Waals surface area contributed by atoms with Crippen molar-refractivity contribution in [1.29, 1.82) is 0 Å². The second-order valence-electron chi connectivity index (χ2n) is 4.60. The van der Waals surface area contributed by atoms with Crippen molar-refractivity contribution in [2.24, 2.45) is 0 Å². The normalized spacial score (nSPS) is 16.6. The smallest absolute Gasteiger partial charge is 0.0337 e. The molecule has 0 spiro atoms. The minimum Gasteiger partial charge on any atom is -0.388 e. The van der Waals surface area contributed by atoms with Crippen LogP contribution in [0.4, 0.5) is 5.69 Å². The third-order valence-electron chi connectivity index (χ3n) is 3.38. The zero-order valence-corrected chi connectivity index (χ0v) is 10.2. The lowest BCUT2D eigenvalue weighted by Gasteiger charge is -2.13. The van der Waals surface area contributed by atoms with Crippen LogP contribution >= 0.6 is 0 Å². The van der Waals surface area contributed by atoms with Crippen molar-refractivity contribution >= 4 is 5.69 Å². The van der Waals surface area contributed by atoms with Crippen LogP contribution in [-0.4, -0.2) is 31.6 Å². The molecule has 2 rings (SSSR count). The first kappa shape index (κ1) is 11.5. The maximum Gasteiger partial charge on any atom is 0.0337 e. The number of rotatable bonds is 5. The summed E-state index contributed by atoms with van der Waals surface area (Å²) in [6, 6.07) is 8.78. The van der Waals surface area contributed by atoms with E-state index in [2.05, 4.69) is 34.5 Å². The Morgan fingerprint density at radius 2 is 1.81 bits per heavy atom. The van der Waals surface area contributed by atoms with Gasteiger partial charge in [0.15, 0.2) is 0 Å². The first-order valence-electron chi connectivity index (χ1n) is 6.37. The highest BCUT2D eigenvalue weighted by molar-refractivity contribution is 5.43. The number of anilines is 1. The Hall–Kier alpha value is -1.02. The lowest BCUT2D eigenvalue weighted by atomic mass is 10.1. The van der Waals surface area contributed by atoms with Crippen LogP contribution in [0, 0.1) is 0 Å². The van der Waals surface area contributed by atoms with Crippen LogP contribution in [-0.2, 0) is 6.42 Å². The molecule has 0 aliphatic carbocycles. The van der Waals surface area contributed by atoms with Crippen LogP contribution in [0.15, 0.2) is 24.3 Å². The molecule has 1 aliphatic heterocycles. The van der Waals surface area contributed by atoms with Gasteiger partial charge in [0.25, 0.3) is 0 Å². The molecule has 1 heterocycles. The summed E-state index contributed by atoms with van der Waals surface area (Å²) in [5.74, 6) is 0. The largest absolute Gasteiger partial charge is 0.388 e. The van der Waals surface area contributed by atoms with Gasteiger partial charge >= 0.3 is 0 Å². The number of aryl methyl sites for hydroxylation is 1. The molecule has 1 fully saturated rings. The fourth-order valence-electron chi connectivity index (χ4n) is 2.35. The molecule has 1 aromatic rings. The van der Waals surface area contributed by atoms with Gasteiger partial charge in [-0.2, -0.15) is 0 Å². The quantitative estimate of drug-likeness (QED) is 0.817. The summed E-state index contributed by atoms with van der Waals surface area (Å²) in [6.45, 7) is 3.91. The van der Waals surface area contributed by atoms with E-state index in [0.717, 1.165) is 0 Å². The van der Waals surface area contributed by atoms with Gasteiger partial charge in [0.2, 0.25) is 0 Å². The zero-order valence-electron chi connectivity index (χ0n) is 10.2. The molecule has 88 valence electrons. The molecule has 0 saturated carbocycles. The Morgan fingerprint density at radius 3 is 2.44 bits per heavy atom. The second kappa shape index (κ2) is 5.90. The number of nitrogens with one attached hydrogen (secondary N) is 1. The van der Waals surface area contributed by atoms with E-state index in [0.29, 0.717) is 0 Å². The highest BCUT2D eigenvalue weighted by Crippen LogP contribution is 2.12. The number of hydrogen-bond donors (Lipinski definition) is 1. The van der Waals surface area contributed by atoms with Crippen molar-refractivity contribution in [1.82, 2.24) is 4.90 Å². The molecule has 2 heteroatoms. The molecule has 1 aliphatic rings. The van der Waals surface area contributed by atoms with Gasteiger partial charge in [-0.3, -0.25) is 0 Å². The zero-order chi connectivity index (χ0) is 11.2. The average Bonchev–Trinajstić information content (AvgIpc) is 2.83. The number of nitrogens with zero attached hydrogens (tertiary/aromatic N) is 1. The second-order valence-corrected chi connectivity index (χ2v) is 4.60. The Bertz CT molecular complexity index is 299. The molecule has 2 nitrogen and oxygen atoms in total. The fourth-order valence-corrected chi connectivity index (χ4v) is 2.35. The minimum absolute atomic E-state index is 1.20. The maximum atomic E-state index is 3.15. The molecule has 16 heavy (non-hydrogen) atoms. The lowest BCUT2D eigenvalue weighted by Crippen LogP contribution is -2.20. The number of hydrogen-bond acceptors (Lipinski definition) is 2. The highest BCUT2D eigenvalue weighted by atomic mass is 15.1. The van der Waals surface area contributed by atoms with Crippen molar-refractivity contribution in [2.75, 3.05) is 32.0 Å². The summed E-state index contributed by atoms with van der Waals surface area (Å²) in [7, 11) is 1.96. The molecule has 0 bridgehead atoms. The lowest BCUT2D eigenvalue weighted by molar-refractivity contribution is 0.334. The van der Waals surface area contributed by atoms with Crippen molar-refractivity contribution in [3.8, 4) is 0 Å². The maximum absolute atomic E-state index is 3.15. The molecule has 0 unspecified atom stereocenters. The minimum atomic E-state index is 1.20. The van der Waals surface area contributed by atoms with E-state index in [9.17, 15) is 0 Å². The van der Waals surface area contributed by atoms with E-state index >= 15 is 0 Å². The molecule has 1 aromatic carbocycles. The van der Waals surface area contributed by atoms with Gasteiger partial charge in [-0.25, -0.2) is 0 Å². The third kappa shape index (κ3) is 3.24. The molecule has 0 amide bonds. The Kier molecular flexibility index (Phi) is 4.23. The molecule has 0 radical (unpaired) electrons. The predicted octanol–water partition coefficient (Wildman–Crippen LogP) is 2.76. The molecule has 0 aromatic heterocycles. The molecular weight excluding hydrogens is 196 g/mol. The summed E-state index contributed by atoms with van der Waals surface area (Å²) < 4.78 is 0. The van der Waals surface area contributed by atoms with Crippen LogP contribution in [0.3, 0.4) is 0 Å². The first-order chi connectivity index (χ1) is 7.88. The van der Waals surface area contributed by atoms with Crippen LogP contribution in [0.5, 0.6) is 0 Å². The van der Waals surface area contributed by atoms with Gasteiger partial charge in [0.05, 0.1) is 0 Å². The summed E-state index contributed by atoms with van der Waals surface area (Å²) >= 11 is 0. The number of benzene rings is 1. The van der Waals surface area contributed by atoms with Gasteiger partial charge in [0, 0.05) is 12.7 Å². The highest BCUT2D eigenvalue weighted by Gasteiger charge is 2.10. The van der Waals surface area contributed by atoms with Gasteiger partial charge in [0.1, 0.15) is 0 Å². The van der Waals surface area contributed by atoms with Crippen molar-refractivity contribution in [3.63, 3.8) is 0 Å². The monoisotopic (exact) mass is 218 g/mol. The van der Waals surface area contributed by atoms with E-state index in [1.165, 1.54) is 56.6 Å². The summed E-state index contributed by atoms with van der Waals surface area (Å²) in [5, 5.41) is 3.15. The van der Waals surface area contributed by atoms with Gasteiger partial charge in [-0.05, 0) is 63.0 Å². The summed E-state index contributed by atoms with van der Waals surface area (Å²) in [6.07, 6.45) is 5.30. The summed E-state index contributed by atoms with van der Waals surface area (Å²) in [4.78, 5) is 2.59. The first-order valence-corrected chi connectivity index (χ1v) is 6.37. The van der Waals surface area contributed by atoms with E-state index in [1.807, 2.05) is 7.05 Å². The van der Waals surface area contributed by atoms with E-state index in [1.54, 1.807) is 0 Å². The SMILES string of the molecule is CNc1ccc(CCCN2CCCC2)cc1. The molecular formula is C14H22N2. The molecule has 1 N–H and O–H groups in total. The van der Waals surface area contributed by atoms with E-state index < -0.39 is 0 Å². The molecule has 1 saturated heterocycles. The van der Waals surface area contributed by atoms with E-state index in [-0.39, 0.29) is 0 Å². The molecule has 0 atom stereocenters.